The molecule has 5 rings (SSSR count). The minimum absolute atomic E-state index is 0.209. The van der Waals surface area contributed by atoms with Crippen LogP contribution in [0.25, 0.3) is 16.7 Å². The van der Waals surface area contributed by atoms with Crippen LogP contribution in [-0.2, 0) is 4.74 Å². The fourth-order valence-electron chi connectivity index (χ4n) is 3.69. The number of benzene rings is 1. The summed E-state index contributed by atoms with van der Waals surface area (Å²) in [6.07, 6.45) is 4.93. The van der Waals surface area contributed by atoms with Crippen LogP contribution in [0, 0.1) is 18.6 Å². The molecule has 0 aliphatic carbocycles. The maximum absolute atomic E-state index is 14.9. The summed E-state index contributed by atoms with van der Waals surface area (Å²) in [5.41, 5.74) is 1.69. The Hall–Kier alpha value is -3.92. The van der Waals surface area contributed by atoms with Crippen LogP contribution < -0.4 is 5.32 Å². The van der Waals surface area contributed by atoms with Gasteiger partial charge in [0, 0.05) is 36.6 Å². The molecule has 0 unspecified atom stereocenters. The number of morpholine rings is 1. The van der Waals surface area contributed by atoms with Gasteiger partial charge in [-0.3, -0.25) is 9.78 Å². The molecule has 0 bridgehead atoms. The summed E-state index contributed by atoms with van der Waals surface area (Å²) in [6, 6.07) is 7.72. The highest BCUT2D eigenvalue weighted by atomic mass is 19.1. The van der Waals surface area contributed by atoms with Crippen molar-refractivity contribution in [3.8, 4) is 5.69 Å². The van der Waals surface area contributed by atoms with E-state index in [1.54, 1.807) is 29.2 Å². The molecule has 0 atom stereocenters. The molecule has 1 N–H and O–H groups in total. The lowest BCUT2D eigenvalue weighted by molar-refractivity contribution is 0.0296. The Morgan fingerprint density at radius 3 is 2.52 bits per heavy atom. The summed E-state index contributed by atoms with van der Waals surface area (Å²) in [7, 11) is 0. The molecule has 3 aromatic heterocycles. The van der Waals surface area contributed by atoms with Crippen LogP contribution in [0.2, 0.25) is 0 Å². The molecule has 1 saturated heterocycles. The number of ether oxygens (including phenoxy) is 1. The highest BCUT2D eigenvalue weighted by Gasteiger charge is 2.26. The molecule has 0 spiro atoms. The molecule has 10 heteroatoms. The number of pyridine rings is 1. The van der Waals surface area contributed by atoms with Gasteiger partial charge >= 0.3 is 0 Å². The molecule has 1 aliphatic rings. The van der Waals surface area contributed by atoms with Gasteiger partial charge in [-0.05, 0) is 37.3 Å². The first kappa shape index (κ1) is 21.0. The SMILES string of the molecule is Cc1ccc(Nc2ncc3ccn(-c4cc(F)c(C(=O)N5CCOCC5)c(F)c4)c3n2)cn1. The average Bonchev–Trinajstić information content (AvgIpc) is 3.24. The summed E-state index contributed by atoms with van der Waals surface area (Å²) in [6.45, 7) is 3.17. The third-order valence-electron chi connectivity index (χ3n) is 5.41. The zero-order valence-corrected chi connectivity index (χ0v) is 17.8. The summed E-state index contributed by atoms with van der Waals surface area (Å²) in [4.78, 5) is 27.0. The molecular weight excluding hydrogens is 430 g/mol. The van der Waals surface area contributed by atoms with Gasteiger partial charge in [0.2, 0.25) is 5.95 Å². The van der Waals surface area contributed by atoms with Gasteiger partial charge in [0.1, 0.15) is 22.8 Å². The molecule has 4 heterocycles. The highest BCUT2D eigenvalue weighted by molar-refractivity contribution is 5.95. The molecule has 1 fully saturated rings. The Labute approximate surface area is 187 Å². The number of halogens is 2. The lowest BCUT2D eigenvalue weighted by Crippen LogP contribution is -2.41. The smallest absolute Gasteiger partial charge is 0.259 e. The Morgan fingerprint density at radius 1 is 1.06 bits per heavy atom. The van der Waals surface area contributed by atoms with Crippen LogP contribution in [0.5, 0.6) is 0 Å². The van der Waals surface area contributed by atoms with Crippen LogP contribution in [0.1, 0.15) is 16.1 Å². The molecule has 33 heavy (non-hydrogen) atoms. The van der Waals surface area contributed by atoms with E-state index in [0.29, 0.717) is 49.0 Å². The summed E-state index contributed by atoms with van der Waals surface area (Å²) < 4.78 is 36.6. The maximum Gasteiger partial charge on any atom is 0.259 e. The number of rotatable bonds is 4. The number of amides is 1. The fourth-order valence-corrected chi connectivity index (χ4v) is 3.69. The lowest BCUT2D eigenvalue weighted by Gasteiger charge is -2.27. The highest BCUT2D eigenvalue weighted by Crippen LogP contribution is 2.25. The second-order valence-corrected chi connectivity index (χ2v) is 7.66. The van der Waals surface area contributed by atoms with Crippen molar-refractivity contribution in [2.45, 2.75) is 6.92 Å². The standard InChI is InChI=1S/C23H20F2N6O2/c1-14-2-3-16(13-26-14)28-23-27-12-15-4-5-31(21(15)29-23)17-10-18(24)20(19(25)11-17)22(32)30-6-8-33-9-7-30/h2-5,10-13H,6-9H2,1H3,(H,27,28,29). The van der Waals surface area contributed by atoms with Crippen molar-refractivity contribution < 1.29 is 18.3 Å². The molecule has 1 aliphatic heterocycles. The zero-order chi connectivity index (χ0) is 22.9. The van der Waals surface area contributed by atoms with E-state index in [9.17, 15) is 13.6 Å². The summed E-state index contributed by atoms with van der Waals surface area (Å²) in [5.74, 6) is -2.23. The van der Waals surface area contributed by atoms with Gasteiger partial charge < -0.3 is 19.5 Å². The Balaban J connectivity index is 1.48. The van der Waals surface area contributed by atoms with Crippen LogP contribution in [0.3, 0.4) is 0 Å². The second-order valence-electron chi connectivity index (χ2n) is 7.66. The number of anilines is 2. The number of carbonyl (C=O) groups is 1. The fraction of sp³-hybridized carbons (Fsp3) is 0.217. The van der Waals surface area contributed by atoms with E-state index in [2.05, 4.69) is 20.3 Å². The van der Waals surface area contributed by atoms with E-state index in [4.69, 9.17) is 4.74 Å². The van der Waals surface area contributed by atoms with Gasteiger partial charge in [0.25, 0.3) is 5.91 Å². The molecule has 0 radical (unpaired) electrons. The third-order valence-corrected chi connectivity index (χ3v) is 5.41. The summed E-state index contributed by atoms with van der Waals surface area (Å²) >= 11 is 0. The second kappa shape index (κ2) is 8.55. The summed E-state index contributed by atoms with van der Waals surface area (Å²) in [5, 5.41) is 3.76. The van der Waals surface area contributed by atoms with Gasteiger partial charge in [0.05, 0.1) is 30.8 Å². The Morgan fingerprint density at radius 2 is 1.82 bits per heavy atom. The van der Waals surface area contributed by atoms with Crippen molar-refractivity contribution in [3.63, 3.8) is 0 Å². The first-order valence-electron chi connectivity index (χ1n) is 10.4. The van der Waals surface area contributed by atoms with Gasteiger partial charge in [-0.15, -0.1) is 0 Å². The van der Waals surface area contributed by atoms with Gasteiger partial charge in [-0.2, -0.15) is 4.98 Å². The van der Waals surface area contributed by atoms with Crippen molar-refractivity contribution in [1.29, 1.82) is 0 Å². The molecule has 168 valence electrons. The predicted octanol–water partition coefficient (Wildman–Crippen LogP) is 3.62. The topological polar surface area (TPSA) is 85.2 Å². The minimum atomic E-state index is -0.929. The number of aromatic nitrogens is 4. The molecule has 4 aromatic rings. The van der Waals surface area contributed by atoms with Gasteiger partial charge in [0.15, 0.2) is 0 Å². The Kier molecular flexibility index (Phi) is 5.43. The van der Waals surface area contributed by atoms with Crippen molar-refractivity contribution in [3.05, 3.63) is 71.8 Å². The normalized spacial score (nSPS) is 14.0. The van der Waals surface area contributed by atoms with Crippen LogP contribution in [-0.4, -0.2) is 56.6 Å². The number of hydrogen-bond donors (Lipinski definition) is 1. The number of nitrogens with zero attached hydrogens (tertiary/aromatic N) is 5. The minimum Gasteiger partial charge on any atom is -0.378 e. The maximum atomic E-state index is 14.9. The van der Waals surface area contributed by atoms with E-state index in [0.717, 1.165) is 17.8 Å². The Bertz CT molecular complexity index is 1310. The number of fused-ring (bicyclic) bond motifs is 1. The molecule has 1 amide bonds. The van der Waals surface area contributed by atoms with Crippen LogP contribution >= 0.6 is 0 Å². The predicted molar refractivity (Wildman–Crippen MR) is 118 cm³/mol. The number of hydrogen-bond acceptors (Lipinski definition) is 6. The number of carbonyl (C=O) groups excluding carboxylic acids is 1. The monoisotopic (exact) mass is 450 g/mol. The van der Waals surface area contributed by atoms with Gasteiger partial charge in [-0.25, -0.2) is 13.8 Å². The zero-order valence-electron chi connectivity index (χ0n) is 17.8. The number of nitrogens with one attached hydrogen (secondary N) is 1. The molecular formula is C23H20F2N6O2. The first-order chi connectivity index (χ1) is 16.0. The van der Waals surface area contributed by atoms with E-state index >= 15 is 0 Å². The third kappa shape index (κ3) is 4.12. The average molecular weight is 450 g/mol. The number of aryl methyl sites for hydroxylation is 1. The molecule has 0 saturated carbocycles. The van der Waals surface area contributed by atoms with Crippen LogP contribution in [0.4, 0.5) is 20.4 Å². The van der Waals surface area contributed by atoms with E-state index in [1.807, 2.05) is 19.1 Å². The van der Waals surface area contributed by atoms with E-state index in [1.165, 1.54) is 4.90 Å². The first-order valence-corrected chi connectivity index (χ1v) is 10.4. The lowest BCUT2D eigenvalue weighted by atomic mass is 10.1. The van der Waals surface area contributed by atoms with Gasteiger partial charge in [-0.1, -0.05) is 0 Å². The van der Waals surface area contributed by atoms with Crippen LogP contribution in [0.15, 0.2) is 48.9 Å². The molecule has 1 aromatic carbocycles. The van der Waals surface area contributed by atoms with E-state index in [-0.39, 0.29) is 5.69 Å². The van der Waals surface area contributed by atoms with Crippen molar-refractivity contribution in [1.82, 2.24) is 24.4 Å². The molecule has 8 nitrogen and oxygen atoms in total. The van der Waals surface area contributed by atoms with Crippen molar-refractivity contribution in [2.75, 3.05) is 31.6 Å². The van der Waals surface area contributed by atoms with Crippen molar-refractivity contribution >= 4 is 28.6 Å². The largest absolute Gasteiger partial charge is 0.378 e. The van der Waals surface area contributed by atoms with Crippen molar-refractivity contribution in [2.24, 2.45) is 0 Å². The van der Waals surface area contributed by atoms with E-state index < -0.39 is 23.1 Å². The quantitative estimate of drug-likeness (QED) is 0.511.